The lowest BCUT2D eigenvalue weighted by atomic mass is 10.1. The third-order valence-electron chi connectivity index (χ3n) is 3.70. The van der Waals surface area contributed by atoms with Crippen LogP contribution in [0.15, 0.2) is 70.9 Å². The average molecular weight is 381 g/mol. The molecule has 0 aliphatic carbocycles. The molecule has 1 aliphatic heterocycles. The normalized spacial score (nSPS) is 18.5. The molecule has 1 atom stereocenters. The largest absolute Gasteiger partial charge is 0.303 e. The lowest BCUT2D eigenvalue weighted by molar-refractivity contribution is -0.118. The highest BCUT2D eigenvalue weighted by Crippen LogP contribution is 2.24. The van der Waals surface area contributed by atoms with Gasteiger partial charge in [0.25, 0.3) is 0 Å². The fourth-order valence-corrected chi connectivity index (χ4v) is 3.28. The summed E-state index contributed by atoms with van der Waals surface area (Å²) in [6, 6.07) is 15.0. The fourth-order valence-electron chi connectivity index (χ4n) is 2.35. The molecule has 0 aromatic heterocycles. The van der Waals surface area contributed by atoms with Crippen molar-refractivity contribution in [3.8, 4) is 0 Å². The summed E-state index contributed by atoms with van der Waals surface area (Å²) in [4.78, 5) is 24.2. The van der Waals surface area contributed by atoms with Crippen LogP contribution in [0.1, 0.15) is 22.3 Å². The molecule has 1 N–H and O–H groups in total. The monoisotopic (exact) mass is 381 g/mol. The summed E-state index contributed by atoms with van der Waals surface area (Å²) in [6.07, 6.45) is 5.16. The van der Waals surface area contributed by atoms with Crippen molar-refractivity contribution in [3.05, 3.63) is 77.6 Å². The molecule has 1 aliphatic rings. The number of benzene rings is 2. The maximum Gasteiger partial charge on any atom is 0.240 e. The second kappa shape index (κ2) is 9.05. The zero-order chi connectivity index (χ0) is 19.1. The molecule has 7 heteroatoms. The Morgan fingerprint density at radius 2 is 1.89 bits per heavy atom. The first-order valence-corrected chi connectivity index (χ1v) is 9.09. The topological polar surface area (TPSA) is 70.9 Å². The summed E-state index contributed by atoms with van der Waals surface area (Å²) in [5.74, 6) is -0.921. The maximum absolute atomic E-state index is 12.9. The third-order valence-corrected chi connectivity index (χ3v) is 4.78. The number of ketones is 1. The van der Waals surface area contributed by atoms with Crippen molar-refractivity contribution < 1.29 is 14.0 Å². The van der Waals surface area contributed by atoms with Gasteiger partial charge in [-0.25, -0.2) is 4.39 Å². The van der Waals surface area contributed by atoms with E-state index in [0.29, 0.717) is 10.7 Å². The van der Waals surface area contributed by atoms with Crippen molar-refractivity contribution in [1.82, 2.24) is 5.32 Å². The highest BCUT2D eigenvalue weighted by Gasteiger charge is 2.32. The van der Waals surface area contributed by atoms with Gasteiger partial charge in [0, 0.05) is 18.2 Å². The summed E-state index contributed by atoms with van der Waals surface area (Å²) in [5.41, 5.74) is 1.42. The van der Waals surface area contributed by atoms with Gasteiger partial charge in [0.1, 0.15) is 5.82 Å². The molecule has 0 saturated carbocycles. The van der Waals surface area contributed by atoms with E-state index < -0.39 is 11.1 Å². The van der Waals surface area contributed by atoms with Gasteiger partial charge in [-0.1, -0.05) is 48.2 Å². The summed E-state index contributed by atoms with van der Waals surface area (Å²) >= 11 is 1.16. The second-order valence-corrected chi connectivity index (χ2v) is 6.86. The van der Waals surface area contributed by atoms with Crippen molar-refractivity contribution >= 4 is 40.9 Å². The SMILES string of the molecule is O=C(C[C@@H]1S\C(=N/N=C\C=C\c2ccccc2)NC1=O)c1ccc(F)cc1. The molecule has 27 heavy (non-hydrogen) atoms. The molecule has 1 amide bonds. The molecule has 0 bridgehead atoms. The molecule has 1 fully saturated rings. The summed E-state index contributed by atoms with van der Waals surface area (Å²) < 4.78 is 12.9. The molecule has 0 radical (unpaired) electrons. The van der Waals surface area contributed by atoms with Crippen LogP contribution in [-0.4, -0.2) is 28.3 Å². The minimum absolute atomic E-state index is 0.0127. The van der Waals surface area contributed by atoms with Crippen molar-refractivity contribution in [3.63, 3.8) is 0 Å². The predicted octanol–water partition coefficient (Wildman–Crippen LogP) is 3.69. The summed E-state index contributed by atoms with van der Waals surface area (Å²) in [7, 11) is 0. The predicted molar refractivity (Wildman–Crippen MR) is 106 cm³/mol. The lowest BCUT2D eigenvalue weighted by Crippen LogP contribution is -2.26. The second-order valence-electron chi connectivity index (χ2n) is 5.67. The molecule has 0 unspecified atom stereocenters. The van der Waals surface area contributed by atoms with Crippen LogP contribution >= 0.6 is 11.8 Å². The van der Waals surface area contributed by atoms with Gasteiger partial charge in [-0.2, -0.15) is 5.10 Å². The fraction of sp³-hybridized carbons (Fsp3) is 0.100. The number of Topliss-reactive ketones (excluding diaryl/α,β-unsaturated/α-hetero) is 1. The highest BCUT2D eigenvalue weighted by atomic mass is 32.2. The molecular formula is C20H16FN3O2S. The smallest absolute Gasteiger partial charge is 0.240 e. The number of amidine groups is 1. The van der Waals surface area contributed by atoms with Crippen molar-refractivity contribution in [1.29, 1.82) is 0 Å². The molecule has 2 aromatic carbocycles. The van der Waals surface area contributed by atoms with Crippen LogP contribution in [0.5, 0.6) is 0 Å². The van der Waals surface area contributed by atoms with Crippen LogP contribution in [0.4, 0.5) is 4.39 Å². The minimum atomic E-state index is -0.573. The van der Waals surface area contributed by atoms with Gasteiger partial charge in [-0.05, 0) is 35.9 Å². The summed E-state index contributed by atoms with van der Waals surface area (Å²) in [5, 5.41) is 10.2. The maximum atomic E-state index is 12.9. The zero-order valence-electron chi connectivity index (χ0n) is 14.2. The number of nitrogens with zero attached hydrogens (tertiary/aromatic N) is 2. The van der Waals surface area contributed by atoms with Crippen molar-refractivity contribution in [2.75, 3.05) is 0 Å². The van der Waals surface area contributed by atoms with E-state index in [0.717, 1.165) is 17.3 Å². The number of nitrogens with one attached hydrogen (secondary N) is 1. The Bertz CT molecular complexity index is 909. The molecule has 2 aromatic rings. The molecule has 136 valence electrons. The molecule has 3 rings (SSSR count). The van der Waals surface area contributed by atoms with E-state index in [1.165, 1.54) is 30.5 Å². The minimum Gasteiger partial charge on any atom is -0.303 e. The number of carbonyl (C=O) groups is 2. The van der Waals surface area contributed by atoms with Gasteiger partial charge < -0.3 is 5.32 Å². The van der Waals surface area contributed by atoms with Gasteiger partial charge in [-0.15, -0.1) is 5.10 Å². The molecule has 1 saturated heterocycles. The van der Waals surface area contributed by atoms with Gasteiger partial charge in [0.15, 0.2) is 11.0 Å². The van der Waals surface area contributed by atoms with E-state index in [-0.39, 0.29) is 18.1 Å². The van der Waals surface area contributed by atoms with Gasteiger partial charge >= 0.3 is 0 Å². The van der Waals surface area contributed by atoms with Gasteiger partial charge in [-0.3, -0.25) is 9.59 Å². The quantitative estimate of drug-likeness (QED) is 0.471. The number of halogens is 1. The van der Waals surface area contributed by atoms with Crippen molar-refractivity contribution in [2.24, 2.45) is 10.2 Å². The zero-order valence-corrected chi connectivity index (χ0v) is 15.0. The van der Waals surface area contributed by atoms with Crippen molar-refractivity contribution in [2.45, 2.75) is 11.7 Å². The van der Waals surface area contributed by atoms with E-state index >= 15 is 0 Å². The molecule has 0 spiro atoms. The van der Waals surface area contributed by atoms with Gasteiger partial charge in [0.05, 0.1) is 5.25 Å². The number of allylic oxidation sites excluding steroid dienone is 1. The van der Waals surface area contributed by atoms with E-state index in [4.69, 9.17) is 0 Å². The van der Waals surface area contributed by atoms with E-state index in [9.17, 15) is 14.0 Å². The Morgan fingerprint density at radius 3 is 2.63 bits per heavy atom. The molecule has 1 heterocycles. The van der Waals surface area contributed by atoms with E-state index in [2.05, 4.69) is 15.5 Å². The summed E-state index contributed by atoms with van der Waals surface area (Å²) in [6.45, 7) is 0. The Hall–Kier alpha value is -3.06. The Labute approximate surface area is 160 Å². The Kier molecular flexibility index (Phi) is 6.27. The van der Waals surface area contributed by atoms with Crippen LogP contribution in [0.25, 0.3) is 6.08 Å². The number of thioether (sulfide) groups is 1. The van der Waals surface area contributed by atoms with Crippen LogP contribution in [0.2, 0.25) is 0 Å². The first-order chi connectivity index (χ1) is 13.1. The van der Waals surface area contributed by atoms with Crippen LogP contribution in [0.3, 0.4) is 0 Å². The lowest BCUT2D eigenvalue weighted by Gasteiger charge is -2.04. The molecular weight excluding hydrogens is 365 g/mol. The van der Waals surface area contributed by atoms with E-state index in [1.54, 1.807) is 6.08 Å². The highest BCUT2D eigenvalue weighted by molar-refractivity contribution is 8.15. The number of hydrogen-bond acceptors (Lipinski definition) is 5. The van der Waals surface area contributed by atoms with E-state index in [1.807, 2.05) is 36.4 Å². The molecule has 5 nitrogen and oxygen atoms in total. The van der Waals surface area contributed by atoms with Gasteiger partial charge in [0.2, 0.25) is 5.91 Å². The Morgan fingerprint density at radius 1 is 1.15 bits per heavy atom. The number of rotatable bonds is 6. The standard InChI is InChI=1S/C20H16FN3O2S/c21-16-10-8-15(9-11-16)17(25)13-18-19(26)23-20(27-18)24-22-12-4-7-14-5-2-1-3-6-14/h1-12,18H,13H2,(H,23,24,26)/b7-4+,22-12-/t18-/m0/s1. The first kappa shape index (κ1) is 18.7. The number of amides is 1. The number of hydrogen-bond donors (Lipinski definition) is 1. The third kappa shape index (κ3) is 5.46. The number of carbonyl (C=O) groups excluding carboxylic acids is 2. The first-order valence-electron chi connectivity index (χ1n) is 8.21. The van der Waals surface area contributed by atoms with Crippen LogP contribution in [-0.2, 0) is 4.79 Å². The Balaban J connectivity index is 1.54. The average Bonchev–Trinajstić information content (AvgIpc) is 3.02. The van der Waals surface area contributed by atoms with Crippen LogP contribution in [0, 0.1) is 5.82 Å². The van der Waals surface area contributed by atoms with Crippen LogP contribution < -0.4 is 5.32 Å².